The number of hydrogen-bond acceptors (Lipinski definition) is 4. The standard InChI is InChI=1S/C9H22N2O4S/c1-9(2,3)11-16(13,14)10-8(5-6-12)7-15-4/h8,10-12H,5-7H2,1-4H3. The summed E-state index contributed by atoms with van der Waals surface area (Å²) in [5.74, 6) is 0. The van der Waals surface area contributed by atoms with Gasteiger partial charge in [-0.2, -0.15) is 17.9 Å². The summed E-state index contributed by atoms with van der Waals surface area (Å²) in [5, 5.41) is 8.78. The minimum Gasteiger partial charge on any atom is -0.396 e. The van der Waals surface area contributed by atoms with Gasteiger partial charge in [0.05, 0.1) is 6.61 Å². The van der Waals surface area contributed by atoms with Crippen LogP contribution in [0.2, 0.25) is 0 Å². The van der Waals surface area contributed by atoms with E-state index in [1.54, 1.807) is 20.8 Å². The summed E-state index contributed by atoms with van der Waals surface area (Å²) >= 11 is 0. The normalized spacial score (nSPS) is 15.1. The fourth-order valence-corrected chi connectivity index (χ4v) is 2.68. The van der Waals surface area contributed by atoms with Crippen LogP contribution in [0.3, 0.4) is 0 Å². The minimum atomic E-state index is -3.57. The molecule has 0 aromatic rings. The lowest BCUT2D eigenvalue weighted by Gasteiger charge is -2.23. The third-order valence-electron chi connectivity index (χ3n) is 1.61. The van der Waals surface area contributed by atoms with Crippen LogP contribution in [-0.2, 0) is 14.9 Å². The van der Waals surface area contributed by atoms with Crippen molar-refractivity contribution in [1.29, 1.82) is 0 Å². The fourth-order valence-electron chi connectivity index (χ4n) is 1.19. The van der Waals surface area contributed by atoms with Gasteiger partial charge in [-0.05, 0) is 27.2 Å². The maximum absolute atomic E-state index is 11.6. The Balaban J connectivity index is 4.41. The van der Waals surface area contributed by atoms with Crippen molar-refractivity contribution >= 4 is 10.2 Å². The van der Waals surface area contributed by atoms with Crippen LogP contribution >= 0.6 is 0 Å². The van der Waals surface area contributed by atoms with E-state index in [9.17, 15) is 8.42 Å². The molecule has 7 heteroatoms. The Morgan fingerprint density at radius 2 is 1.94 bits per heavy atom. The van der Waals surface area contributed by atoms with Crippen LogP contribution in [0.1, 0.15) is 27.2 Å². The Bertz CT molecular complexity index is 278. The molecule has 0 aromatic carbocycles. The van der Waals surface area contributed by atoms with Gasteiger partial charge in [-0.15, -0.1) is 0 Å². The van der Waals surface area contributed by atoms with Gasteiger partial charge in [-0.25, -0.2) is 0 Å². The first-order chi connectivity index (χ1) is 7.20. The molecule has 0 radical (unpaired) electrons. The van der Waals surface area contributed by atoms with E-state index < -0.39 is 21.8 Å². The fraction of sp³-hybridized carbons (Fsp3) is 1.00. The van der Waals surface area contributed by atoms with Crippen molar-refractivity contribution in [2.45, 2.75) is 38.8 Å². The second-order valence-corrected chi connectivity index (χ2v) is 6.08. The largest absolute Gasteiger partial charge is 0.396 e. The van der Waals surface area contributed by atoms with Crippen LogP contribution in [0, 0.1) is 0 Å². The average molecular weight is 254 g/mol. The lowest BCUT2D eigenvalue weighted by Crippen LogP contribution is -2.51. The van der Waals surface area contributed by atoms with E-state index in [0.29, 0.717) is 6.42 Å². The number of ether oxygens (including phenoxy) is 1. The summed E-state index contributed by atoms with van der Waals surface area (Å²) in [6.07, 6.45) is 0.318. The van der Waals surface area contributed by atoms with E-state index in [2.05, 4.69) is 9.44 Å². The molecule has 1 atom stereocenters. The van der Waals surface area contributed by atoms with Gasteiger partial charge in [0, 0.05) is 25.3 Å². The Morgan fingerprint density at radius 1 is 1.38 bits per heavy atom. The summed E-state index contributed by atoms with van der Waals surface area (Å²) in [6, 6.07) is -0.421. The molecule has 0 bridgehead atoms. The zero-order valence-electron chi connectivity index (χ0n) is 10.3. The molecule has 0 aliphatic carbocycles. The third kappa shape index (κ3) is 8.00. The lowest BCUT2D eigenvalue weighted by atomic mass is 10.1. The minimum absolute atomic E-state index is 0.0912. The first kappa shape index (κ1) is 15.8. The van der Waals surface area contributed by atoms with Gasteiger partial charge in [-0.1, -0.05) is 0 Å². The van der Waals surface area contributed by atoms with Crippen molar-refractivity contribution < 1.29 is 18.3 Å². The number of rotatable bonds is 7. The molecule has 0 saturated heterocycles. The van der Waals surface area contributed by atoms with Crippen LogP contribution in [0.4, 0.5) is 0 Å². The number of nitrogens with one attached hydrogen (secondary N) is 2. The first-order valence-electron chi connectivity index (χ1n) is 5.11. The van der Waals surface area contributed by atoms with Crippen LogP contribution in [0.5, 0.6) is 0 Å². The van der Waals surface area contributed by atoms with Crippen molar-refractivity contribution in [2.24, 2.45) is 0 Å². The number of aliphatic hydroxyl groups excluding tert-OH is 1. The zero-order valence-corrected chi connectivity index (χ0v) is 11.1. The van der Waals surface area contributed by atoms with Gasteiger partial charge in [-0.3, -0.25) is 0 Å². The Labute approximate surface area is 97.6 Å². The summed E-state index contributed by atoms with van der Waals surface area (Å²) < 4.78 is 33.1. The molecule has 16 heavy (non-hydrogen) atoms. The molecule has 1 unspecified atom stereocenters. The first-order valence-corrected chi connectivity index (χ1v) is 6.59. The highest BCUT2D eigenvalue weighted by atomic mass is 32.2. The van der Waals surface area contributed by atoms with Crippen molar-refractivity contribution in [2.75, 3.05) is 20.3 Å². The Morgan fingerprint density at radius 3 is 2.31 bits per heavy atom. The maximum Gasteiger partial charge on any atom is 0.277 e. The van der Waals surface area contributed by atoms with Crippen LogP contribution in [-0.4, -0.2) is 45.4 Å². The second-order valence-electron chi connectivity index (χ2n) is 4.64. The Kier molecular flexibility index (Phi) is 6.42. The molecule has 0 aromatic heterocycles. The molecule has 0 heterocycles. The highest BCUT2D eigenvalue weighted by molar-refractivity contribution is 7.87. The monoisotopic (exact) mass is 254 g/mol. The van der Waals surface area contributed by atoms with Gasteiger partial charge < -0.3 is 9.84 Å². The molecule has 0 spiro atoms. The average Bonchev–Trinajstić information content (AvgIpc) is 1.98. The number of hydrogen-bond donors (Lipinski definition) is 3. The quantitative estimate of drug-likeness (QED) is 0.577. The molecule has 0 amide bonds. The van der Waals surface area contributed by atoms with Crippen molar-refractivity contribution in [1.82, 2.24) is 9.44 Å². The third-order valence-corrected chi connectivity index (χ3v) is 3.13. The summed E-state index contributed by atoms with van der Waals surface area (Å²) in [6.45, 7) is 5.40. The smallest absolute Gasteiger partial charge is 0.277 e. The van der Waals surface area contributed by atoms with E-state index in [1.807, 2.05) is 0 Å². The van der Waals surface area contributed by atoms with Crippen molar-refractivity contribution in [3.8, 4) is 0 Å². The van der Waals surface area contributed by atoms with Gasteiger partial charge in [0.2, 0.25) is 0 Å². The maximum atomic E-state index is 11.6. The van der Waals surface area contributed by atoms with Crippen LogP contribution in [0.25, 0.3) is 0 Å². The van der Waals surface area contributed by atoms with E-state index >= 15 is 0 Å². The molecular weight excluding hydrogens is 232 g/mol. The molecule has 0 fully saturated rings. The summed E-state index contributed by atoms with van der Waals surface area (Å²) in [4.78, 5) is 0. The van der Waals surface area contributed by atoms with Crippen LogP contribution in [0.15, 0.2) is 0 Å². The molecule has 0 aliphatic rings. The van der Waals surface area contributed by atoms with Crippen molar-refractivity contribution in [3.63, 3.8) is 0 Å². The van der Waals surface area contributed by atoms with E-state index in [0.717, 1.165) is 0 Å². The molecule has 3 N–H and O–H groups in total. The molecular formula is C9H22N2O4S. The molecule has 0 rings (SSSR count). The van der Waals surface area contributed by atoms with E-state index in [1.165, 1.54) is 7.11 Å². The number of methoxy groups -OCH3 is 1. The predicted octanol–water partition coefficient (Wildman–Crippen LogP) is -0.394. The zero-order chi connectivity index (χ0) is 12.8. The molecule has 6 nitrogen and oxygen atoms in total. The van der Waals surface area contributed by atoms with Gasteiger partial charge >= 0.3 is 0 Å². The summed E-state index contributed by atoms with van der Waals surface area (Å²) in [7, 11) is -2.09. The van der Waals surface area contributed by atoms with Crippen molar-refractivity contribution in [3.05, 3.63) is 0 Å². The van der Waals surface area contributed by atoms with Gasteiger partial charge in [0.15, 0.2) is 0 Å². The highest BCUT2D eigenvalue weighted by Crippen LogP contribution is 2.02. The van der Waals surface area contributed by atoms with E-state index in [-0.39, 0.29) is 13.2 Å². The lowest BCUT2D eigenvalue weighted by molar-refractivity contribution is 0.157. The van der Waals surface area contributed by atoms with Crippen LogP contribution < -0.4 is 9.44 Å². The van der Waals surface area contributed by atoms with E-state index in [4.69, 9.17) is 9.84 Å². The predicted molar refractivity (Wildman–Crippen MR) is 62.3 cm³/mol. The molecule has 0 aliphatic heterocycles. The van der Waals surface area contributed by atoms with Gasteiger partial charge in [0.25, 0.3) is 10.2 Å². The highest BCUT2D eigenvalue weighted by Gasteiger charge is 2.22. The molecule has 98 valence electrons. The molecule has 0 saturated carbocycles. The Hall–Kier alpha value is -0.210. The number of aliphatic hydroxyl groups is 1. The summed E-state index contributed by atoms with van der Waals surface area (Å²) in [5.41, 5.74) is -0.539. The second kappa shape index (κ2) is 6.51. The van der Waals surface area contributed by atoms with Gasteiger partial charge in [0.1, 0.15) is 0 Å². The SMILES string of the molecule is COCC(CCO)NS(=O)(=O)NC(C)(C)C. The topological polar surface area (TPSA) is 87.7 Å².